The van der Waals surface area contributed by atoms with Gasteiger partial charge in [-0.05, 0) is 25.0 Å². The van der Waals surface area contributed by atoms with Crippen molar-refractivity contribution in [3.05, 3.63) is 62.4 Å². The van der Waals surface area contributed by atoms with E-state index in [1.54, 1.807) is 4.83 Å². The van der Waals surface area contributed by atoms with Crippen LogP contribution in [0, 0.1) is 0 Å². The molecule has 0 aliphatic heterocycles. The summed E-state index contributed by atoms with van der Waals surface area (Å²) >= 11 is 5.48. The van der Waals surface area contributed by atoms with Gasteiger partial charge in [-0.15, -0.1) is 0 Å². The Labute approximate surface area is 167 Å². The first kappa shape index (κ1) is 22.9. The molecule has 0 fully saturated rings. The number of hydrogen-bond donors (Lipinski definition) is 1. The molecule has 0 saturated heterocycles. The summed E-state index contributed by atoms with van der Waals surface area (Å²) < 4.78 is 79.8. The highest BCUT2D eigenvalue weighted by molar-refractivity contribution is 7.92. The van der Waals surface area contributed by atoms with E-state index in [0.717, 1.165) is 12.1 Å². The third kappa shape index (κ3) is 4.17. The van der Waals surface area contributed by atoms with Gasteiger partial charge >= 0.3 is 11.9 Å². The second kappa shape index (κ2) is 7.82. The number of sulfonamides is 1. The molecule has 0 spiro atoms. The quantitative estimate of drug-likeness (QED) is 0.675. The largest absolute Gasteiger partial charge is 0.433 e. The van der Waals surface area contributed by atoms with Gasteiger partial charge in [-0.3, -0.25) is 4.79 Å². The Morgan fingerprint density at radius 2 is 1.55 bits per heavy atom. The van der Waals surface area contributed by atoms with Gasteiger partial charge in [0.05, 0.1) is 10.5 Å². The fourth-order valence-electron chi connectivity index (χ4n) is 2.70. The number of hydrogen-bond acceptors (Lipinski definition) is 4. The second-order valence-electron chi connectivity index (χ2n) is 6.01. The maximum absolute atomic E-state index is 15.2. The van der Waals surface area contributed by atoms with Crippen molar-refractivity contribution in [3.63, 3.8) is 0 Å². The average Bonchev–Trinajstić information content (AvgIpc) is 2.67. The summed E-state index contributed by atoms with van der Waals surface area (Å²) in [5.41, 5.74) is -9.91. The predicted octanol–water partition coefficient (Wildman–Crippen LogP) is 2.95. The maximum Gasteiger partial charge on any atom is 0.433 e. The summed E-state index contributed by atoms with van der Waals surface area (Å²) in [7, 11) is -4.56. The first-order valence-electron chi connectivity index (χ1n) is 8.22. The number of aromatic nitrogens is 2. The molecule has 7 nitrogen and oxygen atoms in total. The summed E-state index contributed by atoms with van der Waals surface area (Å²) in [5, 5.41) is 0. The van der Waals surface area contributed by atoms with Crippen molar-refractivity contribution in [1.82, 2.24) is 8.76 Å². The molecular formula is C16H16ClF4N3O4S. The van der Waals surface area contributed by atoms with Gasteiger partial charge in [0.25, 0.3) is 15.6 Å². The molecule has 0 bridgehead atoms. The van der Waals surface area contributed by atoms with Crippen molar-refractivity contribution in [2.45, 2.75) is 43.4 Å². The van der Waals surface area contributed by atoms with E-state index in [9.17, 15) is 31.2 Å². The van der Waals surface area contributed by atoms with E-state index in [0.29, 0.717) is 0 Å². The Hall–Kier alpha value is -2.34. The van der Waals surface area contributed by atoms with Gasteiger partial charge in [-0.25, -0.2) is 14.0 Å². The molecule has 1 aromatic carbocycles. The van der Waals surface area contributed by atoms with Crippen molar-refractivity contribution in [3.8, 4) is 0 Å². The molecule has 29 heavy (non-hydrogen) atoms. The van der Waals surface area contributed by atoms with Crippen molar-refractivity contribution in [2.24, 2.45) is 0 Å². The summed E-state index contributed by atoms with van der Waals surface area (Å²) in [6.07, 6.45) is -6.46. The van der Waals surface area contributed by atoms with Crippen LogP contribution in [0.3, 0.4) is 0 Å². The van der Waals surface area contributed by atoms with E-state index in [-0.39, 0.29) is 9.57 Å². The molecule has 0 radical (unpaired) electrons. The Bertz CT molecular complexity index is 1120. The number of alkyl halides is 4. The smallest absolute Gasteiger partial charge is 0.267 e. The molecule has 0 unspecified atom stereocenters. The molecule has 2 rings (SSSR count). The minimum absolute atomic E-state index is 0.250. The lowest BCUT2D eigenvalue weighted by Crippen LogP contribution is -2.51. The van der Waals surface area contributed by atoms with Gasteiger partial charge in [0.1, 0.15) is 5.67 Å². The zero-order chi connectivity index (χ0) is 22.2. The zero-order valence-electron chi connectivity index (χ0n) is 15.1. The second-order valence-corrected chi connectivity index (χ2v) is 8.00. The third-order valence-corrected chi connectivity index (χ3v) is 5.94. The number of benzene rings is 1. The molecule has 0 amide bonds. The van der Waals surface area contributed by atoms with Gasteiger partial charge in [-0.2, -0.15) is 30.4 Å². The molecule has 160 valence electrons. The molecule has 0 aliphatic rings. The normalized spacial score (nSPS) is 12.8. The van der Waals surface area contributed by atoms with Crippen LogP contribution in [0.15, 0.2) is 44.8 Å². The lowest BCUT2D eigenvalue weighted by Gasteiger charge is -2.26. The SMILES string of the molecule is CCC(F)(CC)c1c(C(F)(F)F)n(Cl)c(=O)n(NS(=O)(=O)c2ccccc2)c1=O. The van der Waals surface area contributed by atoms with E-state index >= 15 is 4.39 Å². The fraction of sp³-hybridized carbons (Fsp3) is 0.375. The van der Waals surface area contributed by atoms with Crippen LogP contribution in [0.25, 0.3) is 0 Å². The Balaban J connectivity index is 2.89. The van der Waals surface area contributed by atoms with Crippen LogP contribution >= 0.6 is 11.8 Å². The third-order valence-electron chi connectivity index (χ3n) is 4.31. The fourth-order valence-corrected chi connectivity index (χ4v) is 3.97. The topological polar surface area (TPSA) is 90.2 Å². The van der Waals surface area contributed by atoms with Crippen molar-refractivity contribution < 1.29 is 26.0 Å². The zero-order valence-corrected chi connectivity index (χ0v) is 16.7. The van der Waals surface area contributed by atoms with Crippen molar-refractivity contribution >= 4 is 21.8 Å². The van der Waals surface area contributed by atoms with Gasteiger partial charge in [0.15, 0.2) is 5.69 Å². The highest BCUT2D eigenvalue weighted by atomic mass is 35.5. The van der Waals surface area contributed by atoms with Gasteiger partial charge in [0, 0.05) is 11.8 Å². The molecule has 2 aromatic rings. The average molecular weight is 458 g/mol. The number of halogens is 5. The number of nitrogens with one attached hydrogen (secondary N) is 1. The Morgan fingerprint density at radius 3 is 2.00 bits per heavy atom. The molecule has 1 heterocycles. The molecule has 0 aliphatic carbocycles. The highest BCUT2D eigenvalue weighted by Crippen LogP contribution is 2.39. The lowest BCUT2D eigenvalue weighted by atomic mass is 9.90. The predicted molar refractivity (Wildman–Crippen MR) is 97.6 cm³/mol. The molecule has 13 heteroatoms. The van der Waals surface area contributed by atoms with Crippen LogP contribution in [0.1, 0.15) is 37.9 Å². The van der Waals surface area contributed by atoms with Crippen molar-refractivity contribution in [2.75, 3.05) is 4.83 Å². The Kier molecular flexibility index (Phi) is 6.19. The van der Waals surface area contributed by atoms with Crippen LogP contribution in [0.4, 0.5) is 17.6 Å². The van der Waals surface area contributed by atoms with Crippen LogP contribution < -0.4 is 16.1 Å². The highest BCUT2D eigenvalue weighted by Gasteiger charge is 2.47. The lowest BCUT2D eigenvalue weighted by molar-refractivity contribution is -0.144. The maximum atomic E-state index is 15.2. The van der Waals surface area contributed by atoms with Crippen LogP contribution in [-0.2, 0) is 21.9 Å². The van der Waals surface area contributed by atoms with Crippen LogP contribution in [-0.4, -0.2) is 17.2 Å². The van der Waals surface area contributed by atoms with E-state index in [2.05, 4.69) is 0 Å². The monoisotopic (exact) mass is 457 g/mol. The minimum Gasteiger partial charge on any atom is -0.267 e. The van der Waals surface area contributed by atoms with Gasteiger partial charge in [0.2, 0.25) is 0 Å². The molecule has 0 atom stereocenters. The van der Waals surface area contributed by atoms with E-state index in [4.69, 9.17) is 11.8 Å². The summed E-state index contributed by atoms with van der Waals surface area (Å²) in [6, 6.07) is 6.42. The molecular weight excluding hydrogens is 442 g/mol. The van der Waals surface area contributed by atoms with Crippen LogP contribution in [0.2, 0.25) is 0 Å². The number of nitrogens with zero attached hydrogens (tertiary/aromatic N) is 2. The van der Waals surface area contributed by atoms with Gasteiger partial charge in [-0.1, -0.05) is 32.0 Å². The van der Waals surface area contributed by atoms with Crippen molar-refractivity contribution in [1.29, 1.82) is 0 Å². The summed E-state index contributed by atoms with van der Waals surface area (Å²) in [6.45, 7) is 2.40. The minimum atomic E-state index is -5.35. The standard InChI is InChI=1S/C16H16ClF4N3O4S/c1-3-15(18,4-2)11-12(16(19,20)21)23(17)14(26)24(13(11)25)22-29(27,28)10-8-6-5-7-9-10/h5-9,22H,3-4H2,1-2H3. The van der Waals surface area contributed by atoms with Gasteiger partial charge < -0.3 is 0 Å². The van der Waals surface area contributed by atoms with E-state index in [1.165, 1.54) is 32.0 Å². The number of rotatable bonds is 6. The molecule has 1 aromatic heterocycles. The van der Waals surface area contributed by atoms with Crippen LogP contribution in [0.5, 0.6) is 0 Å². The molecule has 1 N–H and O–H groups in total. The first-order chi connectivity index (χ1) is 13.3. The summed E-state index contributed by atoms with van der Waals surface area (Å²) in [4.78, 5) is 26.2. The van der Waals surface area contributed by atoms with E-state index in [1.807, 2.05) is 0 Å². The molecule has 0 saturated carbocycles. The Morgan fingerprint density at radius 1 is 1.03 bits per heavy atom. The summed E-state index contributed by atoms with van der Waals surface area (Å²) in [5.74, 6) is 0. The first-order valence-corrected chi connectivity index (χ1v) is 10.0. The van der Waals surface area contributed by atoms with E-state index < -0.39 is 61.3 Å².